The molecule has 0 atom stereocenters. The van der Waals surface area contributed by atoms with E-state index >= 15 is 0 Å². The quantitative estimate of drug-likeness (QED) is 0.488. The molecule has 96 valence electrons. The zero-order valence-corrected chi connectivity index (χ0v) is 10.5. The van der Waals surface area contributed by atoms with Crippen molar-refractivity contribution in [3.63, 3.8) is 0 Å². The SMILES string of the molecule is CC(=N/O)/C(=N\O)c1ccc(C2CCCC2)cc1. The predicted molar refractivity (Wildman–Crippen MR) is 70.9 cm³/mol. The molecule has 1 aromatic carbocycles. The van der Waals surface area contributed by atoms with Gasteiger partial charge in [0.05, 0.1) is 0 Å². The van der Waals surface area contributed by atoms with Crippen molar-refractivity contribution in [1.82, 2.24) is 0 Å². The molecule has 0 amide bonds. The minimum atomic E-state index is 0.297. The average Bonchev–Trinajstić information content (AvgIpc) is 2.94. The molecule has 0 aromatic heterocycles. The first-order chi connectivity index (χ1) is 8.76. The Morgan fingerprint density at radius 3 is 2.17 bits per heavy atom. The molecule has 2 rings (SSSR count). The van der Waals surface area contributed by atoms with Crippen molar-refractivity contribution >= 4 is 11.4 Å². The molecular formula is C14H18N2O2. The van der Waals surface area contributed by atoms with Crippen LogP contribution in [-0.4, -0.2) is 21.8 Å². The summed E-state index contributed by atoms with van der Waals surface area (Å²) in [6.45, 7) is 1.60. The normalized spacial score (nSPS) is 18.3. The summed E-state index contributed by atoms with van der Waals surface area (Å²) in [4.78, 5) is 0. The molecule has 1 aromatic rings. The Morgan fingerprint density at radius 2 is 1.67 bits per heavy atom. The number of oxime groups is 2. The third-order valence-electron chi connectivity index (χ3n) is 3.60. The molecule has 0 unspecified atom stereocenters. The van der Waals surface area contributed by atoms with E-state index in [0.29, 0.717) is 17.3 Å². The molecule has 1 aliphatic carbocycles. The van der Waals surface area contributed by atoms with E-state index in [2.05, 4.69) is 22.4 Å². The standard InChI is InChI=1S/C14H18N2O2/c1-10(15-17)14(16-18)13-8-6-12(7-9-13)11-4-2-3-5-11/h6-9,11,17-18H,2-5H2,1H3/b15-10-,16-14+. The van der Waals surface area contributed by atoms with E-state index in [1.165, 1.54) is 31.2 Å². The van der Waals surface area contributed by atoms with Crippen LogP contribution in [0.4, 0.5) is 0 Å². The van der Waals surface area contributed by atoms with E-state index in [1.54, 1.807) is 6.92 Å². The van der Waals surface area contributed by atoms with Gasteiger partial charge >= 0.3 is 0 Å². The predicted octanol–water partition coefficient (Wildman–Crippen LogP) is 3.37. The second-order valence-corrected chi connectivity index (χ2v) is 4.74. The number of rotatable bonds is 3. The van der Waals surface area contributed by atoms with Gasteiger partial charge in [0.15, 0.2) is 0 Å². The van der Waals surface area contributed by atoms with Gasteiger partial charge in [0.1, 0.15) is 11.4 Å². The molecule has 0 aliphatic heterocycles. The van der Waals surface area contributed by atoms with E-state index < -0.39 is 0 Å². The highest BCUT2D eigenvalue weighted by molar-refractivity contribution is 6.47. The van der Waals surface area contributed by atoms with E-state index in [-0.39, 0.29) is 0 Å². The highest BCUT2D eigenvalue weighted by Crippen LogP contribution is 2.33. The van der Waals surface area contributed by atoms with Gasteiger partial charge in [-0.1, -0.05) is 47.4 Å². The summed E-state index contributed by atoms with van der Waals surface area (Å²) < 4.78 is 0. The topological polar surface area (TPSA) is 65.2 Å². The van der Waals surface area contributed by atoms with Crippen molar-refractivity contribution < 1.29 is 10.4 Å². The maximum Gasteiger partial charge on any atom is 0.134 e. The molecule has 2 N–H and O–H groups in total. The monoisotopic (exact) mass is 246 g/mol. The summed E-state index contributed by atoms with van der Waals surface area (Å²) in [5, 5.41) is 23.9. The van der Waals surface area contributed by atoms with Crippen molar-refractivity contribution in [3.8, 4) is 0 Å². The van der Waals surface area contributed by atoms with Gasteiger partial charge < -0.3 is 10.4 Å². The maximum absolute atomic E-state index is 8.96. The molecule has 1 saturated carbocycles. The molecular weight excluding hydrogens is 228 g/mol. The molecule has 0 bridgehead atoms. The van der Waals surface area contributed by atoms with Crippen LogP contribution in [0.1, 0.15) is 49.7 Å². The van der Waals surface area contributed by atoms with Gasteiger partial charge in [0, 0.05) is 5.56 Å². The Balaban J connectivity index is 2.21. The van der Waals surface area contributed by atoms with Gasteiger partial charge in [-0.05, 0) is 31.2 Å². The Morgan fingerprint density at radius 1 is 1.06 bits per heavy atom. The van der Waals surface area contributed by atoms with Gasteiger partial charge in [0.25, 0.3) is 0 Å². The van der Waals surface area contributed by atoms with Crippen molar-refractivity contribution in [2.24, 2.45) is 10.3 Å². The average molecular weight is 246 g/mol. The molecule has 4 heteroatoms. The fraction of sp³-hybridized carbons (Fsp3) is 0.429. The van der Waals surface area contributed by atoms with E-state index in [0.717, 1.165) is 5.56 Å². The number of hydrogen-bond donors (Lipinski definition) is 2. The second-order valence-electron chi connectivity index (χ2n) is 4.74. The van der Waals surface area contributed by atoms with Crippen molar-refractivity contribution in [2.45, 2.75) is 38.5 Å². The lowest BCUT2D eigenvalue weighted by Gasteiger charge is -2.10. The highest BCUT2D eigenvalue weighted by Gasteiger charge is 2.17. The molecule has 0 saturated heterocycles. The summed E-state index contributed by atoms with van der Waals surface area (Å²) in [5.74, 6) is 0.668. The minimum absolute atomic E-state index is 0.297. The van der Waals surface area contributed by atoms with Gasteiger partial charge in [-0.25, -0.2) is 0 Å². The third kappa shape index (κ3) is 2.53. The lowest BCUT2D eigenvalue weighted by Crippen LogP contribution is -2.12. The fourth-order valence-corrected chi connectivity index (χ4v) is 2.56. The summed E-state index contributed by atoms with van der Waals surface area (Å²) in [5.41, 5.74) is 2.70. The Bertz CT molecular complexity index is 457. The summed E-state index contributed by atoms with van der Waals surface area (Å²) >= 11 is 0. The second kappa shape index (κ2) is 5.67. The van der Waals surface area contributed by atoms with Crippen molar-refractivity contribution in [1.29, 1.82) is 0 Å². The first kappa shape index (κ1) is 12.6. The van der Waals surface area contributed by atoms with Gasteiger partial charge in [-0.15, -0.1) is 0 Å². The lowest BCUT2D eigenvalue weighted by atomic mass is 9.95. The Labute approximate surface area is 107 Å². The smallest absolute Gasteiger partial charge is 0.134 e. The molecule has 18 heavy (non-hydrogen) atoms. The van der Waals surface area contributed by atoms with Crippen LogP contribution in [0, 0.1) is 0 Å². The summed E-state index contributed by atoms with van der Waals surface area (Å²) in [6.07, 6.45) is 5.15. The first-order valence-electron chi connectivity index (χ1n) is 6.27. The molecule has 0 heterocycles. The Kier molecular flexibility index (Phi) is 3.97. The largest absolute Gasteiger partial charge is 0.411 e. The van der Waals surface area contributed by atoms with Crippen LogP contribution >= 0.6 is 0 Å². The maximum atomic E-state index is 8.96. The lowest BCUT2D eigenvalue weighted by molar-refractivity contribution is 0.314. The molecule has 1 aliphatic rings. The van der Waals surface area contributed by atoms with Gasteiger partial charge in [0.2, 0.25) is 0 Å². The Hall–Kier alpha value is -1.84. The molecule has 0 radical (unpaired) electrons. The zero-order valence-electron chi connectivity index (χ0n) is 10.5. The third-order valence-corrected chi connectivity index (χ3v) is 3.60. The summed E-state index contributed by atoms with van der Waals surface area (Å²) in [6, 6.07) is 7.97. The van der Waals surface area contributed by atoms with E-state index in [4.69, 9.17) is 10.4 Å². The van der Waals surface area contributed by atoms with E-state index in [1.807, 2.05) is 12.1 Å². The first-order valence-corrected chi connectivity index (χ1v) is 6.27. The molecule has 1 fully saturated rings. The van der Waals surface area contributed by atoms with Crippen LogP contribution in [0.15, 0.2) is 34.6 Å². The van der Waals surface area contributed by atoms with Gasteiger partial charge in [-0.2, -0.15) is 0 Å². The van der Waals surface area contributed by atoms with E-state index in [9.17, 15) is 0 Å². The van der Waals surface area contributed by atoms with Crippen molar-refractivity contribution in [2.75, 3.05) is 0 Å². The van der Waals surface area contributed by atoms with Crippen LogP contribution in [0.3, 0.4) is 0 Å². The zero-order chi connectivity index (χ0) is 13.0. The summed E-state index contributed by atoms with van der Waals surface area (Å²) in [7, 11) is 0. The van der Waals surface area contributed by atoms with Crippen LogP contribution in [0.5, 0.6) is 0 Å². The van der Waals surface area contributed by atoms with Crippen LogP contribution in [0.2, 0.25) is 0 Å². The fourth-order valence-electron chi connectivity index (χ4n) is 2.56. The van der Waals surface area contributed by atoms with Crippen LogP contribution in [0.25, 0.3) is 0 Å². The van der Waals surface area contributed by atoms with Gasteiger partial charge in [-0.3, -0.25) is 0 Å². The minimum Gasteiger partial charge on any atom is -0.411 e. The number of hydrogen-bond acceptors (Lipinski definition) is 4. The molecule has 0 spiro atoms. The molecule has 4 nitrogen and oxygen atoms in total. The van der Waals surface area contributed by atoms with Crippen LogP contribution < -0.4 is 0 Å². The highest BCUT2D eigenvalue weighted by atomic mass is 16.4. The number of benzene rings is 1. The van der Waals surface area contributed by atoms with Crippen molar-refractivity contribution in [3.05, 3.63) is 35.4 Å². The van der Waals surface area contributed by atoms with Crippen LogP contribution in [-0.2, 0) is 0 Å². The number of nitrogens with zero attached hydrogens (tertiary/aromatic N) is 2.